The number of carbonyl (C=O) groups is 2. The number of ether oxygens (including phenoxy) is 2. The molecule has 0 aromatic heterocycles. The number of aryl methyl sites for hydroxylation is 1. The maximum Gasteiger partial charge on any atom is 0.276 e. The molecular weight excluding hydrogens is 402 g/mol. The lowest BCUT2D eigenvalue weighted by Gasteiger charge is -2.13. The van der Waals surface area contributed by atoms with Gasteiger partial charge in [-0.05, 0) is 73.9 Å². The highest BCUT2D eigenvalue weighted by atomic mass is 32.1. The van der Waals surface area contributed by atoms with Gasteiger partial charge in [0.25, 0.3) is 11.8 Å². The molecule has 0 radical (unpaired) electrons. The fourth-order valence-corrected chi connectivity index (χ4v) is 2.57. The predicted octanol–water partition coefficient (Wildman–Crippen LogP) is 3.20. The Labute approximate surface area is 182 Å². The van der Waals surface area contributed by atoms with Crippen LogP contribution >= 0.6 is 12.2 Å². The molecule has 2 aromatic carbocycles. The smallest absolute Gasteiger partial charge is 0.276 e. The zero-order valence-electron chi connectivity index (χ0n) is 17.4. The van der Waals surface area contributed by atoms with Crippen LogP contribution in [0.2, 0.25) is 0 Å². The number of hydrogen-bond acceptors (Lipinski definition) is 5. The first-order valence-electron chi connectivity index (χ1n) is 9.72. The van der Waals surface area contributed by atoms with E-state index >= 15 is 0 Å². The van der Waals surface area contributed by atoms with Crippen molar-refractivity contribution in [3.63, 3.8) is 0 Å². The van der Waals surface area contributed by atoms with Crippen molar-refractivity contribution >= 4 is 29.1 Å². The molecule has 0 atom stereocenters. The van der Waals surface area contributed by atoms with E-state index in [9.17, 15) is 9.59 Å². The summed E-state index contributed by atoms with van der Waals surface area (Å²) in [6, 6.07) is 12.4. The van der Waals surface area contributed by atoms with E-state index in [4.69, 9.17) is 21.7 Å². The molecule has 0 heterocycles. The molecule has 0 spiro atoms. The van der Waals surface area contributed by atoms with Crippen LogP contribution in [0.15, 0.2) is 42.5 Å². The summed E-state index contributed by atoms with van der Waals surface area (Å²) in [5.41, 5.74) is 7.35. The maximum atomic E-state index is 12.2. The van der Waals surface area contributed by atoms with Crippen LogP contribution in [-0.2, 0) is 4.79 Å². The average Bonchev–Trinajstić information content (AvgIpc) is 2.74. The van der Waals surface area contributed by atoms with Crippen molar-refractivity contribution in [1.82, 2.24) is 16.2 Å². The van der Waals surface area contributed by atoms with Crippen LogP contribution in [0.5, 0.6) is 11.5 Å². The Morgan fingerprint density at radius 1 is 1.00 bits per heavy atom. The summed E-state index contributed by atoms with van der Waals surface area (Å²) in [4.78, 5) is 24.2. The van der Waals surface area contributed by atoms with Gasteiger partial charge in [0.05, 0.1) is 6.61 Å². The van der Waals surface area contributed by atoms with Crippen molar-refractivity contribution in [2.24, 2.45) is 0 Å². The number of amides is 2. The first-order valence-corrected chi connectivity index (χ1v) is 10.1. The van der Waals surface area contributed by atoms with E-state index in [-0.39, 0.29) is 11.7 Å². The normalized spacial score (nSPS) is 10.1. The van der Waals surface area contributed by atoms with E-state index in [2.05, 4.69) is 23.1 Å². The second kappa shape index (κ2) is 11.8. The van der Waals surface area contributed by atoms with Crippen LogP contribution in [-0.4, -0.2) is 30.1 Å². The van der Waals surface area contributed by atoms with Crippen molar-refractivity contribution in [2.75, 3.05) is 13.2 Å². The molecule has 2 aromatic rings. The third kappa shape index (κ3) is 7.36. The highest BCUT2D eigenvalue weighted by Gasteiger charge is 2.10. The van der Waals surface area contributed by atoms with Gasteiger partial charge in [-0.2, -0.15) is 0 Å². The maximum absolute atomic E-state index is 12.2. The Bertz CT molecular complexity index is 884. The summed E-state index contributed by atoms with van der Waals surface area (Å²) in [5.74, 6) is 0.523. The lowest BCUT2D eigenvalue weighted by Crippen LogP contribution is -2.49. The molecular formula is C22H27N3O4S. The standard InChI is InChI=1S/C22H27N3O4S/c1-4-5-13-28-18-11-9-17(10-12-18)21(27)23-22(30)25-24-20(26)14-29-19-8-6-7-15(2)16(19)3/h6-12H,4-5,13-14H2,1-3H3,(H,24,26)(H2,23,25,27,30). The molecule has 7 nitrogen and oxygen atoms in total. The first kappa shape index (κ1) is 23.2. The summed E-state index contributed by atoms with van der Waals surface area (Å²) >= 11 is 5.04. The highest BCUT2D eigenvalue weighted by Crippen LogP contribution is 2.20. The summed E-state index contributed by atoms with van der Waals surface area (Å²) in [6.45, 7) is 6.44. The Balaban J connectivity index is 1.73. The Morgan fingerprint density at radius 2 is 1.73 bits per heavy atom. The number of carbonyl (C=O) groups excluding carboxylic acids is 2. The second-order valence-corrected chi connectivity index (χ2v) is 7.08. The molecule has 0 fully saturated rings. The molecule has 8 heteroatoms. The first-order chi connectivity index (χ1) is 14.4. The van der Waals surface area contributed by atoms with E-state index < -0.39 is 11.8 Å². The third-order valence-corrected chi connectivity index (χ3v) is 4.54. The lowest BCUT2D eigenvalue weighted by molar-refractivity contribution is -0.123. The fourth-order valence-electron chi connectivity index (χ4n) is 2.43. The molecule has 0 bridgehead atoms. The van der Waals surface area contributed by atoms with Crippen molar-refractivity contribution in [3.8, 4) is 11.5 Å². The number of unbranched alkanes of at least 4 members (excludes halogenated alkanes) is 1. The minimum Gasteiger partial charge on any atom is -0.494 e. The van der Waals surface area contributed by atoms with Gasteiger partial charge in [-0.1, -0.05) is 25.5 Å². The molecule has 2 amide bonds. The number of thiocarbonyl (C=S) groups is 1. The quantitative estimate of drug-likeness (QED) is 0.339. The van der Waals surface area contributed by atoms with E-state index in [1.807, 2.05) is 26.0 Å². The van der Waals surface area contributed by atoms with E-state index in [1.165, 1.54) is 0 Å². The summed E-state index contributed by atoms with van der Waals surface area (Å²) in [7, 11) is 0. The summed E-state index contributed by atoms with van der Waals surface area (Å²) in [6.07, 6.45) is 2.03. The molecule has 0 aliphatic heterocycles. The predicted molar refractivity (Wildman–Crippen MR) is 120 cm³/mol. The van der Waals surface area contributed by atoms with Crippen molar-refractivity contribution in [2.45, 2.75) is 33.6 Å². The Hall–Kier alpha value is -3.13. The monoisotopic (exact) mass is 429 g/mol. The molecule has 160 valence electrons. The Morgan fingerprint density at radius 3 is 2.43 bits per heavy atom. The lowest BCUT2D eigenvalue weighted by atomic mass is 10.1. The van der Waals surface area contributed by atoms with Gasteiger partial charge in [0.2, 0.25) is 0 Å². The van der Waals surface area contributed by atoms with Gasteiger partial charge in [0, 0.05) is 5.56 Å². The van der Waals surface area contributed by atoms with E-state index in [1.54, 1.807) is 30.3 Å². The van der Waals surface area contributed by atoms with Crippen LogP contribution in [0.4, 0.5) is 0 Å². The van der Waals surface area contributed by atoms with Crippen LogP contribution < -0.4 is 25.6 Å². The third-order valence-electron chi connectivity index (χ3n) is 4.34. The molecule has 0 aliphatic rings. The van der Waals surface area contributed by atoms with E-state index in [0.29, 0.717) is 23.7 Å². The molecule has 0 saturated heterocycles. The largest absolute Gasteiger partial charge is 0.494 e. The molecule has 2 rings (SSSR count). The van der Waals surface area contributed by atoms with Crippen LogP contribution in [0.3, 0.4) is 0 Å². The average molecular weight is 430 g/mol. The number of nitrogens with one attached hydrogen (secondary N) is 3. The Kier molecular flexibility index (Phi) is 9.08. The zero-order valence-corrected chi connectivity index (χ0v) is 18.2. The number of benzene rings is 2. The fraction of sp³-hybridized carbons (Fsp3) is 0.318. The number of rotatable bonds is 8. The molecule has 0 aliphatic carbocycles. The van der Waals surface area contributed by atoms with Gasteiger partial charge in [0.15, 0.2) is 11.7 Å². The van der Waals surface area contributed by atoms with E-state index in [0.717, 1.165) is 24.0 Å². The minimum absolute atomic E-state index is 0.0247. The molecule has 30 heavy (non-hydrogen) atoms. The van der Waals surface area contributed by atoms with Crippen LogP contribution in [0, 0.1) is 13.8 Å². The van der Waals surface area contributed by atoms with Gasteiger partial charge >= 0.3 is 0 Å². The van der Waals surface area contributed by atoms with Gasteiger partial charge < -0.3 is 9.47 Å². The summed E-state index contributed by atoms with van der Waals surface area (Å²) < 4.78 is 11.1. The number of hydrogen-bond donors (Lipinski definition) is 3. The molecule has 3 N–H and O–H groups in total. The molecule has 0 saturated carbocycles. The van der Waals surface area contributed by atoms with Crippen LogP contribution in [0.25, 0.3) is 0 Å². The topological polar surface area (TPSA) is 88.7 Å². The van der Waals surface area contributed by atoms with Crippen molar-refractivity contribution < 1.29 is 19.1 Å². The molecule has 0 unspecified atom stereocenters. The minimum atomic E-state index is -0.430. The second-order valence-electron chi connectivity index (χ2n) is 6.67. The van der Waals surface area contributed by atoms with Gasteiger partial charge in [0.1, 0.15) is 11.5 Å². The van der Waals surface area contributed by atoms with Gasteiger partial charge in [-0.25, -0.2) is 0 Å². The van der Waals surface area contributed by atoms with Gasteiger partial charge in [-0.15, -0.1) is 0 Å². The summed E-state index contributed by atoms with van der Waals surface area (Å²) in [5, 5.41) is 2.47. The zero-order chi connectivity index (χ0) is 21.9. The number of hydrazine groups is 1. The van der Waals surface area contributed by atoms with Crippen LogP contribution in [0.1, 0.15) is 41.3 Å². The van der Waals surface area contributed by atoms with Crippen molar-refractivity contribution in [3.05, 3.63) is 59.2 Å². The van der Waals surface area contributed by atoms with Gasteiger partial charge in [-0.3, -0.25) is 25.8 Å². The highest BCUT2D eigenvalue weighted by molar-refractivity contribution is 7.80. The SMILES string of the molecule is CCCCOc1ccc(C(=O)NC(=S)NNC(=O)COc2cccc(C)c2C)cc1. The van der Waals surface area contributed by atoms with Crippen molar-refractivity contribution in [1.29, 1.82) is 0 Å².